The number of ether oxygens (including phenoxy) is 2. The summed E-state index contributed by atoms with van der Waals surface area (Å²) >= 11 is 3.53. The molecule has 1 amide bonds. The van der Waals surface area contributed by atoms with Gasteiger partial charge < -0.3 is 14.8 Å². The number of rotatable bonds is 6. The number of carbonyl (C=O) groups excluding carboxylic acids is 1. The van der Waals surface area contributed by atoms with Crippen molar-refractivity contribution in [3.8, 4) is 11.5 Å². The van der Waals surface area contributed by atoms with E-state index in [1.165, 1.54) is 5.56 Å². The van der Waals surface area contributed by atoms with Gasteiger partial charge in [-0.25, -0.2) is 0 Å². The summed E-state index contributed by atoms with van der Waals surface area (Å²) in [5.41, 5.74) is 5.12. The van der Waals surface area contributed by atoms with Gasteiger partial charge in [-0.05, 0) is 37.1 Å². The van der Waals surface area contributed by atoms with Crippen molar-refractivity contribution in [1.29, 1.82) is 0 Å². The van der Waals surface area contributed by atoms with Gasteiger partial charge in [0.15, 0.2) is 11.5 Å². The highest BCUT2D eigenvalue weighted by Crippen LogP contribution is 2.35. The molecular weight excluding hydrogens is 446 g/mol. The molecule has 0 spiro atoms. The summed E-state index contributed by atoms with van der Waals surface area (Å²) in [6.07, 6.45) is 0.257. The van der Waals surface area contributed by atoms with E-state index in [9.17, 15) is 4.79 Å². The molecule has 0 atom stereocenters. The molecule has 1 aliphatic rings. The highest BCUT2D eigenvalue weighted by molar-refractivity contribution is 9.10. The van der Waals surface area contributed by atoms with Crippen molar-refractivity contribution in [3.05, 3.63) is 75.0 Å². The Labute approximate surface area is 184 Å². The van der Waals surface area contributed by atoms with Crippen molar-refractivity contribution in [2.45, 2.75) is 33.4 Å². The van der Waals surface area contributed by atoms with Gasteiger partial charge in [0.25, 0.3) is 0 Å². The first-order chi connectivity index (χ1) is 14.5. The zero-order valence-corrected chi connectivity index (χ0v) is 18.7. The van der Waals surface area contributed by atoms with Crippen LogP contribution in [0.1, 0.15) is 28.1 Å². The summed E-state index contributed by atoms with van der Waals surface area (Å²) in [7, 11) is 0. The minimum Gasteiger partial charge on any atom is -0.486 e. The van der Waals surface area contributed by atoms with Crippen LogP contribution in [-0.4, -0.2) is 28.9 Å². The Morgan fingerprint density at radius 1 is 1.13 bits per heavy atom. The third kappa shape index (κ3) is 4.51. The van der Waals surface area contributed by atoms with E-state index in [2.05, 4.69) is 38.5 Å². The second-order valence-corrected chi connectivity index (χ2v) is 8.19. The Morgan fingerprint density at radius 3 is 2.57 bits per heavy atom. The molecule has 1 aliphatic heterocycles. The van der Waals surface area contributed by atoms with Crippen LogP contribution in [0.3, 0.4) is 0 Å². The first kappa shape index (κ1) is 20.5. The zero-order chi connectivity index (χ0) is 21.1. The van der Waals surface area contributed by atoms with E-state index in [0.717, 1.165) is 27.0 Å². The van der Waals surface area contributed by atoms with Crippen LogP contribution < -0.4 is 14.8 Å². The standard InChI is InChI=1S/C23H24BrN3O3/c1-15-19(16(2)27(26-15)14-17-6-4-3-5-7-17)13-25-23(28)11-18-10-21-22(12-20(18)24)30-9-8-29-21/h3-7,10,12H,8-9,11,13-14H2,1-2H3,(H,25,28). The average Bonchev–Trinajstić information content (AvgIpc) is 3.00. The Bertz CT molecular complexity index is 1060. The van der Waals surface area contributed by atoms with E-state index < -0.39 is 0 Å². The summed E-state index contributed by atoms with van der Waals surface area (Å²) in [4.78, 5) is 12.6. The molecule has 6 nitrogen and oxygen atoms in total. The van der Waals surface area contributed by atoms with Gasteiger partial charge in [0.2, 0.25) is 5.91 Å². The van der Waals surface area contributed by atoms with E-state index >= 15 is 0 Å². The predicted octanol–water partition coefficient (Wildman–Crippen LogP) is 3.94. The Hall–Kier alpha value is -2.80. The molecule has 0 unspecified atom stereocenters. The molecule has 30 heavy (non-hydrogen) atoms. The van der Waals surface area contributed by atoms with Crippen molar-refractivity contribution < 1.29 is 14.3 Å². The molecule has 1 N–H and O–H groups in total. The lowest BCUT2D eigenvalue weighted by Crippen LogP contribution is -2.25. The molecule has 2 heterocycles. The lowest BCUT2D eigenvalue weighted by Gasteiger charge is -2.19. The molecule has 0 radical (unpaired) electrons. The second kappa shape index (κ2) is 8.92. The minimum absolute atomic E-state index is 0.0537. The lowest BCUT2D eigenvalue weighted by molar-refractivity contribution is -0.120. The van der Waals surface area contributed by atoms with E-state index in [1.807, 2.05) is 48.9 Å². The van der Waals surface area contributed by atoms with Crippen LogP contribution in [0.5, 0.6) is 11.5 Å². The molecule has 156 valence electrons. The molecule has 0 fully saturated rings. The Balaban J connectivity index is 1.41. The highest BCUT2D eigenvalue weighted by atomic mass is 79.9. The maximum atomic E-state index is 12.6. The number of hydrogen-bond donors (Lipinski definition) is 1. The fourth-order valence-corrected chi connectivity index (χ4v) is 4.03. The van der Waals surface area contributed by atoms with E-state index in [-0.39, 0.29) is 12.3 Å². The number of amides is 1. The van der Waals surface area contributed by atoms with Crippen LogP contribution in [0, 0.1) is 13.8 Å². The van der Waals surface area contributed by atoms with Crippen molar-refractivity contribution >= 4 is 21.8 Å². The first-order valence-corrected chi connectivity index (χ1v) is 10.7. The normalized spacial score (nSPS) is 12.6. The van der Waals surface area contributed by atoms with Crippen LogP contribution in [-0.2, 0) is 24.3 Å². The number of aryl methyl sites for hydroxylation is 1. The van der Waals surface area contributed by atoms with Gasteiger partial charge in [-0.1, -0.05) is 46.3 Å². The number of nitrogens with one attached hydrogen (secondary N) is 1. The fraction of sp³-hybridized carbons (Fsp3) is 0.304. The minimum atomic E-state index is -0.0537. The Morgan fingerprint density at radius 2 is 1.83 bits per heavy atom. The highest BCUT2D eigenvalue weighted by Gasteiger charge is 2.17. The maximum absolute atomic E-state index is 12.6. The third-order valence-corrected chi connectivity index (χ3v) is 5.97. The third-order valence-electron chi connectivity index (χ3n) is 5.23. The number of aromatic nitrogens is 2. The molecule has 0 saturated carbocycles. The monoisotopic (exact) mass is 469 g/mol. The second-order valence-electron chi connectivity index (χ2n) is 7.33. The average molecular weight is 470 g/mol. The zero-order valence-electron chi connectivity index (χ0n) is 17.1. The molecule has 0 aliphatic carbocycles. The number of nitrogens with zero attached hydrogens (tertiary/aromatic N) is 2. The topological polar surface area (TPSA) is 65.4 Å². The van der Waals surface area contributed by atoms with Crippen molar-refractivity contribution in [2.24, 2.45) is 0 Å². The van der Waals surface area contributed by atoms with Gasteiger partial charge in [0.05, 0.1) is 18.7 Å². The summed E-state index contributed by atoms with van der Waals surface area (Å²) in [5, 5.41) is 7.69. The summed E-state index contributed by atoms with van der Waals surface area (Å²) in [5.74, 6) is 1.33. The predicted molar refractivity (Wildman–Crippen MR) is 118 cm³/mol. The Kier molecular flexibility index (Phi) is 6.08. The van der Waals surface area contributed by atoms with Crippen LogP contribution in [0.2, 0.25) is 0 Å². The van der Waals surface area contributed by atoms with E-state index in [4.69, 9.17) is 9.47 Å². The van der Waals surface area contributed by atoms with Gasteiger partial charge in [0.1, 0.15) is 13.2 Å². The summed E-state index contributed by atoms with van der Waals surface area (Å²) < 4.78 is 14.0. The van der Waals surface area contributed by atoms with Gasteiger partial charge in [-0.3, -0.25) is 9.48 Å². The number of benzene rings is 2. The van der Waals surface area contributed by atoms with Gasteiger partial charge in [-0.15, -0.1) is 0 Å². The molecule has 3 aromatic rings. The van der Waals surface area contributed by atoms with Crippen LogP contribution >= 0.6 is 15.9 Å². The smallest absolute Gasteiger partial charge is 0.224 e. The van der Waals surface area contributed by atoms with E-state index in [0.29, 0.717) is 37.8 Å². The maximum Gasteiger partial charge on any atom is 0.224 e. The summed E-state index contributed by atoms with van der Waals surface area (Å²) in [6.45, 7) is 6.25. The van der Waals surface area contributed by atoms with Crippen molar-refractivity contribution in [1.82, 2.24) is 15.1 Å². The molecule has 0 bridgehead atoms. The summed E-state index contributed by atoms with van der Waals surface area (Å²) in [6, 6.07) is 14.0. The molecule has 2 aromatic carbocycles. The lowest BCUT2D eigenvalue weighted by atomic mass is 10.1. The molecule has 1 aromatic heterocycles. The van der Waals surface area contributed by atoms with Crippen LogP contribution in [0.15, 0.2) is 46.9 Å². The molecule has 7 heteroatoms. The molecular formula is C23H24BrN3O3. The van der Waals surface area contributed by atoms with Crippen LogP contribution in [0.25, 0.3) is 0 Å². The fourth-order valence-electron chi connectivity index (χ4n) is 3.56. The number of carbonyl (C=O) groups is 1. The largest absolute Gasteiger partial charge is 0.486 e. The van der Waals surface area contributed by atoms with Crippen LogP contribution in [0.4, 0.5) is 0 Å². The first-order valence-electron chi connectivity index (χ1n) is 9.93. The van der Waals surface area contributed by atoms with Gasteiger partial charge >= 0.3 is 0 Å². The number of fused-ring (bicyclic) bond motifs is 1. The van der Waals surface area contributed by atoms with Gasteiger partial charge in [0, 0.05) is 22.3 Å². The quantitative estimate of drug-likeness (QED) is 0.593. The molecule has 0 saturated heterocycles. The number of halogens is 1. The van der Waals surface area contributed by atoms with Crippen molar-refractivity contribution in [3.63, 3.8) is 0 Å². The number of hydrogen-bond acceptors (Lipinski definition) is 4. The SMILES string of the molecule is Cc1nn(Cc2ccccc2)c(C)c1CNC(=O)Cc1cc2c(cc1Br)OCCO2. The van der Waals surface area contributed by atoms with E-state index in [1.54, 1.807) is 0 Å². The molecule has 4 rings (SSSR count). The van der Waals surface area contributed by atoms with Crippen molar-refractivity contribution in [2.75, 3.05) is 13.2 Å². The van der Waals surface area contributed by atoms with Gasteiger partial charge in [-0.2, -0.15) is 5.10 Å².